The van der Waals surface area contributed by atoms with Crippen molar-refractivity contribution < 1.29 is 9.47 Å². The highest BCUT2D eigenvalue weighted by atomic mass is 16.7. The molecule has 0 aromatic heterocycles. The molecule has 3 nitrogen and oxygen atoms in total. The molecular formula is C18H23NO2. The lowest BCUT2D eigenvalue weighted by molar-refractivity contribution is 0.00432. The molecule has 0 aliphatic rings. The first-order valence-electron chi connectivity index (χ1n) is 7.38. The number of rotatable bonds is 8. The molecule has 0 spiro atoms. The third-order valence-corrected chi connectivity index (χ3v) is 3.31. The number of ether oxygens (including phenoxy) is 2. The minimum atomic E-state index is 0.255. The molecule has 0 radical (unpaired) electrons. The van der Waals surface area contributed by atoms with Gasteiger partial charge in [0.2, 0.25) is 0 Å². The molecule has 112 valence electrons. The van der Waals surface area contributed by atoms with Crippen molar-refractivity contribution in [2.75, 3.05) is 13.3 Å². The van der Waals surface area contributed by atoms with Crippen LogP contribution in [0.2, 0.25) is 0 Å². The molecule has 3 heteroatoms. The Morgan fingerprint density at radius 3 is 2.48 bits per heavy atom. The van der Waals surface area contributed by atoms with Gasteiger partial charge in [-0.2, -0.15) is 0 Å². The summed E-state index contributed by atoms with van der Waals surface area (Å²) >= 11 is 0. The first kappa shape index (κ1) is 15.5. The molecule has 21 heavy (non-hydrogen) atoms. The molecule has 0 saturated heterocycles. The molecule has 0 fully saturated rings. The summed E-state index contributed by atoms with van der Waals surface area (Å²) in [6.07, 6.45) is 0. The van der Waals surface area contributed by atoms with E-state index >= 15 is 0 Å². The molecule has 1 unspecified atom stereocenters. The van der Waals surface area contributed by atoms with Crippen molar-refractivity contribution in [3.63, 3.8) is 0 Å². The smallest absolute Gasteiger partial charge is 0.189 e. The molecule has 0 aliphatic carbocycles. The van der Waals surface area contributed by atoms with E-state index in [-0.39, 0.29) is 12.8 Å². The second-order valence-corrected chi connectivity index (χ2v) is 4.91. The van der Waals surface area contributed by atoms with Gasteiger partial charge in [-0.25, -0.2) is 0 Å². The van der Waals surface area contributed by atoms with Crippen molar-refractivity contribution in [3.05, 3.63) is 65.7 Å². The van der Waals surface area contributed by atoms with E-state index in [0.29, 0.717) is 6.61 Å². The fourth-order valence-corrected chi connectivity index (χ4v) is 2.22. The van der Waals surface area contributed by atoms with Crippen molar-refractivity contribution in [2.24, 2.45) is 0 Å². The van der Waals surface area contributed by atoms with E-state index in [9.17, 15) is 0 Å². The van der Waals surface area contributed by atoms with E-state index in [0.717, 1.165) is 23.4 Å². The Morgan fingerprint density at radius 2 is 1.71 bits per heavy atom. The number of hydrogen-bond acceptors (Lipinski definition) is 3. The summed E-state index contributed by atoms with van der Waals surface area (Å²) in [5, 5.41) is 3.40. The monoisotopic (exact) mass is 285 g/mol. The molecule has 2 aromatic rings. The van der Waals surface area contributed by atoms with Crippen molar-refractivity contribution in [1.29, 1.82) is 0 Å². The van der Waals surface area contributed by atoms with Crippen LogP contribution in [0.3, 0.4) is 0 Å². The van der Waals surface area contributed by atoms with Gasteiger partial charge in [-0.15, -0.1) is 0 Å². The van der Waals surface area contributed by atoms with Gasteiger partial charge in [0.05, 0.1) is 6.61 Å². The lowest BCUT2D eigenvalue weighted by Crippen LogP contribution is -2.18. The van der Waals surface area contributed by atoms with Gasteiger partial charge in [-0.1, -0.05) is 55.5 Å². The number of hydrogen-bond donors (Lipinski definition) is 1. The highest BCUT2D eigenvalue weighted by Crippen LogP contribution is 2.24. The fourth-order valence-electron chi connectivity index (χ4n) is 2.22. The van der Waals surface area contributed by atoms with Gasteiger partial charge < -0.3 is 14.8 Å². The van der Waals surface area contributed by atoms with Gasteiger partial charge >= 0.3 is 0 Å². The van der Waals surface area contributed by atoms with Crippen LogP contribution in [-0.2, 0) is 11.3 Å². The zero-order valence-electron chi connectivity index (χ0n) is 12.7. The van der Waals surface area contributed by atoms with Crippen molar-refractivity contribution in [3.8, 4) is 5.75 Å². The summed E-state index contributed by atoms with van der Waals surface area (Å²) < 4.78 is 11.3. The highest BCUT2D eigenvalue weighted by Gasteiger charge is 2.09. The topological polar surface area (TPSA) is 30.5 Å². The summed E-state index contributed by atoms with van der Waals surface area (Å²) in [6.45, 7) is 5.98. The summed E-state index contributed by atoms with van der Waals surface area (Å²) in [7, 11) is 0. The second kappa shape index (κ2) is 8.45. The summed E-state index contributed by atoms with van der Waals surface area (Å²) in [6, 6.07) is 18.4. The minimum Gasteiger partial charge on any atom is -0.467 e. The molecule has 0 heterocycles. The van der Waals surface area contributed by atoms with E-state index < -0.39 is 0 Å². The third kappa shape index (κ3) is 4.88. The molecular weight excluding hydrogens is 262 g/mol. The first-order chi connectivity index (χ1) is 10.3. The summed E-state index contributed by atoms with van der Waals surface area (Å²) in [5.74, 6) is 0.874. The van der Waals surface area contributed by atoms with E-state index in [1.54, 1.807) is 0 Å². The summed E-state index contributed by atoms with van der Waals surface area (Å²) in [4.78, 5) is 0. The lowest BCUT2D eigenvalue weighted by atomic mass is 10.1. The quantitative estimate of drug-likeness (QED) is 0.589. The Bertz CT molecular complexity index is 528. The Balaban J connectivity index is 1.85. The maximum Gasteiger partial charge on any atom is 0.189 e. The number of nitrogens with one attached hydrogen (secondary N) is 1. The van der Waals surface area contributed by atoms with Gasteiger partial charge in [-0.3, -0.25) is 0 Å². The van der Waals surface area contributed by atoms with Crippen LogP contribution in [-0.4, -0.2) is 13.3 Å². The molecule has 2 aromatic carbocycles. The van der Waals surface area contributed by atoms with Crippen LogP contribution in [0.1, 0.15) is 31.0 Å². The van der Waals surface area contributed by atoms with Gasteiger partial charge in [0.1, 0.15) is 5.75 Å². The average Bonchev–Trinajstić information content (AvgIpc) is 2.53. The Labute approximate surface area is 126 Å². The van der Waals surface area contributed by atoms with E-state index in [1.165, 1.54) is 0 Å². The zero-order valence-corrected chi connectivity index (χ0v) is 12.7. The van der Waals surface area contributed by atoms with E-state index in [2.05, 4.69) is 25.2 Å². The van der Waals surface area contributed by atoms with Crippen LogP contribution >= 0.6 is 0 Å². The largest absolute Gasteiger partial charge is 0.467 e. The molecule has 2 rings (SSSR count). The maximum absolute atomic E-state index is 5.76. The van der Waals surface area contributed by atoms with Crippen LogP contribution in [0.15, 0.2) is 54.6 Å². The van der Waals surface area contributed by atoms with Crippen LogP contribution in [0, 0.1) is 0 Å². The van der Waals surface area contributed by atoms with E-state index in [1.807, 2.05) is 48.5 Å². The Hall–Kier alpha value is -1.84. The Morgan fingerprint density at radius 1 is 1.00 bits per heavy atom. The predicted molar refractivity (Wildman–Crippen MR) is 85.3 cm³/mol. The molecule has 1 N–H and O–H groups in total. The van der Waals surface area contributed by atoms with Gasteiger partial charge in [0.25, 0.3) is 0 Å². The lowest BCUT2D eigenvalue weighted by Gasteiger charge is -2.17. The van der Waals surface area contributed by atoms with Crippen molar-refractivity contribution in [2.45, 2.75) is 26.5 Å². The van der Waals surface area contributed by atoms with Crippen LogP contribution in [0.25, 0.3) is 0 Å². The maximum atomic E-state index is 5.76. The standard InChI is InChI=1S/C18H23NO2/c1-3-19-15(2)17-11-7-8-12-18(17)21-14-20-13-16-9-5-4-6-10-16/h4-12,15,19H,3,13-14H2,1-2H3. The first-order valence-corrected chi connectivity index (χ1v) is 7.38. The van der Waals surface area contributed by atoms with Crippen LogP contribution in [0.5, 0.6) is 5.75 Å². The minimum absolute atomic E-state index is 0.255. The number of benzene rings is 2. The molecule has 1 atom stereocenters. The van der Waals surface area contributed by atoms with Gasteiger partial charge in [0, 0.05) is 11.6 Å². The molecule has 0 saturated carbocycles. The average molecular weight is 285 g/mol. The second-order valence-electron chi connectivity index (χ2n) is 4.91. The highest BCUT2D eigenvalue weighted by molar-refractivity contribution is 5.35. The van der Waals surface area contributed by atoms with Crippen LogP contribution < -0.4 is 10.1 Å². The van der Waals surface area contributed by atoms with E-state index in [4.69, 9.17) is 9.47 Å². The van der Waals surface area contributed by atoms with Crippen molar-refractivity contribution >= 4 is 0 Å². The SMILES string of the molecule is CCNC(C)c1ccccc1OCOCc1ccccc1. The molecule has 0 bridgehead atoms. The van der Waals surface area contributed by atoms with Gasteiger partial charge in [0.15, 0.2) is 6.79 Å². The van der Waals surface area contributed by atoms with Gasteiger partial charge in [-0.05, 0) is 25.1 Å². The van der Waals surface area contributed by atoms with Crippen molar-refractivity contribution in [1.82, 2.24) is 5.32 Å². The van der Waals surface area contributed by atoms with Crippen LogP contribution in [0.4, 0.5) is 0 Å². The normalized spacial score (nSPS) is 12.1. The Kier molecular flexibility index (Phi) is 6.25. The third-order valence-electron chi connectivity index (χ3n) is 3.31. The fraction of sp³-hybridized carbons (Fsp3) is 0.333. The number of para-hydroxylation sites is 1. The predicted octanol–water partition coefficient (Wildman–Crippen LogP) is 3.91. The summed E-state index contributed by atoms with van der Waals surface area (Å²) in [5.41, 5.74) is 2.30. The molecule has 0 amide bonds. The zero-order chi connectivity index (χ0) is 14.9. The molecule has 0 aliphatic heterocycles.